The molecule has 1 aromatic carbocycles. The summed E-state index contributed by atoms with van der Waals surface area (Å²) in [6, 6.07) is 10.3. The number of amides is 1. The van der Waals surface area contributed by atoms with Crippen LogP contribution in [0.3, 0.4) is 0 Å². The van der Waals surface area contributed by atoms with Crippen molar-refractivity contribution in [2.24, 2.45) is 0 Å². The van der Waals surface area contributed by atoms with Crippen LogP contribution in [0.2, 0.25) is 0 Å². The van der Waals surface area contributed by atoms with Crippen LogP contribution in [0.4, 0.5) is 4.39 Å². The largest absolute Gasteiger partial charge is 0.323 e. The molecule has 0 bridgehead atoms. The smallest absolute Gasteiger partial charge is 0.237 e. The van der Waals surface area contributed by atoms with Crippen LogP contribution in [-0.4, -0.2) is 52.4 Å². The van der Waals surface area contributed by atoms with E-state index in [1.54, 1.807) is 12.1 Å². The monoisotopic (exact) mass is 366 g/mol. The average molecular weight is 366 g/mol. The minimum atomic E-state index is -1.34. The Hall–Kier alpha value is -1.82. The number of benzene rings is 1. The molecule has 1 saturated heterocycles. The minimum absolute atomic E-state index is 0.00243. The molecule has 2 rings (SSSR count). The van der Waals surface area contributed by atoms with Gasteiger partial charge in [-0.05, 0) is 26.0 Å². The Morgan fingerprint density at radius 3 is 2.76 bits per heavy atom. The number of hydrogen-bond acceptors (Lipinski definition) is 4. The maximum atomic E-state index is 13.4. The lowest BCUT2D eigenvalue weighted by Crippen LogP contribution is -2.52. The highest BCUT2D eigenvalue weighted by Gasteiger charge is 2.35. The molecule has 2 N–H and O–H groups in total. The second-order valence-corrected chi connectivity index (χ2v) is 7.96. The number of likely N-dealkylation sites (tertiary alicyclic amines) is 1. The summed E-state index contributed by atoms with van der Waals surface area (Å²) in [4.78, 5) is 14.2. The number of nitriles is 1. The zero-order valence-corrected chi connectivity index (χ0v) is 15.2. The van der Waals surface area contributed by atoms with Gasteiger partial charge < -0.3 is 10.2 Å². The van der Waals surface area contributed by atoms with E-state index in [0.717, 1.165) is 0 Å². The van der Waals surface area contributed by atoms with Gasteiger partial charge in [-0.3, -0.25) is 4.79 Å². The molecule has 1 aromatic rings. The van der Waals surface area contributed by atoms with E-state index in [1.165, 1.54) is 4.90 Å². The molecular formula is C17H23FN4O2S. The lowest BCUT2D eigenvalue weighted by Gasteiger charge is -2.28. The third-order valence-electron chi connectivity index (χ3n) is 4.04. The van der Waals surface area contributed by atoms with E-state index in [0.29, 0.717) is 11.4 Å². The topological polar surface area (TPSA) is 85.2 Å². The van der Waals surface area contributed by atoms with E-state index >= 15 is 0 Å². The molecule has 6 nitrogen and oxygen atoms in total. The van der Waals surface area contributed by atoms with Gasteiger partial charge in [-0.15, -0.1) is 0 Å². The number of carbonyl (C=O) groups is 1. The summed E-state index contributed by atoms with van der Waals surface area (Å²) in [7, 11) is -1.34. The Morgan fingerprint density at radius 2 is 2.12 bits per heavy atom. The van der Waals surface area contributed by atoms with Crippen molar-refractivity contribution in [3.8, 4) is 6.07 Å². The number of nitrogens with zero attached hydrogens (tertiary/aromatic N) is 2. The summed E-state index contributed by atoms with van der Waals surface area (Å²) in [6.07, 6.45) is -1.07. The van der Waals surface area contributed by atoms with Crippen LogP contribution in [0.1, 0.15) is 20.3 Å². The first-order valence-corrected chi connectivity index (χ1v) is 9.26. The molecule has 0 radical (unpaired) electrons. The lowest BCUT2D eigenvalue weighted by atomic mass is 10.1. The SMILES string of the molecule is CC(C)(CNS(=O)c1ccccc1)NCC(=O)N1CC(F)CC1C#N. The predicted octanol–water partition coefficient (Wildman–Crippen LogP) is 1.13. The van der Waals surface area contributed by atoms with Gasteiger partial charge in [-0.25, -0.2) is 13.3 Å². The van der Waals surface area contributed by atoms with Crippen LogP contribution in [0, 0.1) is 11.3 Å². The number of rotatable bonds is 7. The molecule has 136 valence electrons. The van der Waals surface area contributed by atoms with Gasteiger partial charge in [-0.1, -0.05) is 18.2 Å². The first-order chi connectivity index (χ1) is 11.8. The van der Waals surface area contributed by atoms with Crippen molar-refractivity contribution in [3.05, 3.63) is 30.3 Å². The number of alkyl halides is 1. The number of nitrogens with one attached hydrogen (secondary N) is 2. The van der Waals surface area contributed by atoms with Crippen molar-refractivity contribution in [3.63, 3.8) is 0 Å². The Morgan fingerprint density at radius 1 is 1.44 bits per heavy atom. The van der Waals surface area contributed by atoms with Crippen LogP contribution in [0.15, 0.2) is 35.2 Å². The molecule has 8 heteroatoms. The molecule has 3 unspecified atom stereocenters. The summed E-state index contributed by atoms with van der Waals surface area (Å²) in [6.45, 7) is 4.08. The van der Waals surface area contributed by atoms with Crippen LogP contribution in [0.25, 0.3) is 0 Å². The maximum absolute atomic E-state index is 13.4. The maximum Gasteiger partial charge on any atom is 0.237 e. The number of carbonyl (C=O) groups excluding carboxylic acids is 1. The van der Waals surface area contributed by atoms with Gasteiger partial charge in [0.25, 0.3) is 0 Å². The fourth-order valence-corrected chi connectivity index (χ4v) is 3.60. The van der Waals surface area contributed by atoms with E-state index in [-0.39, 0.29) is 25.4 Å². The van der Waals surface area contributed by atoms with Gasteiger partial charge in [0, 0.05) is 18.5 Å². The third kappa shape index (κ3) is 5.59. The van der Waals surface area contributed by atoms with Crippen LogP contribution >= 0.6 is 0 Å². The minimum Gasteiger partial charge on any atom is -0.323 e. The fraction of sp³-hybridized carbons (Fsp3) is 0.529. The molecule has 1 heterocycles. The molecular weight excluding hydrogens is 343 g/mol. The predicted molar refractivity (Wildman–Crippen MR) is 93.6 cm³/mol. The van der Waals surface area contributed by atoms with Gasteiger partial charge in [0.05, 0.1) is 24.1 Å². The van der Waals surface area contributed by atoms with Gasteiger partial charge in [-0.2, -0.15) is 5.26 Å². The molecule has 25 heavy (non-hydrogen) atoms. The second kappa shape index (κ2) is 8.52. The van der Waals surface area contributed by atoms with E-state index < -0.39 is 28.7 Å². The zero-order chi connectivity index (χ0) is 18.4. The first-order valence-electron chi connectivity index (χ1n) is 8.11. The average Bonchev–Trinajstić information content (AvgIpc) is 2.99. The third-order valence-corrected chi connectivity index (χ3v) is 5.15. The van der Waals surface area contributed by atoms with Crippen molar-refractivity contribution >= 4 is 16.9 Å². The molecule has 1 aliphatic heterocycles. The molecule has 1 fully saturated rings. The Balaban J connectivity index is 1.82. The van der Waals surface area contributed by atoms with Gasteiger partial charge in [0.1, 0.15) is 23.2 Å². The van der Waals surface area contributed by atoms with E-state index in [1.807, 2.05) is 38.1 Å². The van der Waals surface area contributed by atoms with E-state index in [9.17, 15) is 13.4 Å². The van der Waals surface area contributed by atoms with E-state index in [4.69, 9.17) is 5.26 Å². The summed E-state index contributed by atoms with van der Waals surface area (Å²) < 4.78 is 28.5. The van der Waals surface area contributed by atoms with Crippen molar-refractivity contribution in [2.45, 2.75) is 42.9 Å². The van der Waals surface area contributed by atoms with Crippen molar-refractivity contribution in [1.82, 2.24) is 14.9 Å². The Kier molecular flexibility index (Phi) is 6.64. The second-order valence-electron chi connectivity index (χ2n) is 6.66. The standard InChI is InChI=1S/C17H23FN4O2S/c1-17(2,12-21-25(24)15-6-4-3-5-7-15)20-10-16(23)22-11-13(18)8-14(22)9-19/h3-7,13-14,20-21H,8,10-12H2,1-2H3. The highest BCUT2D eigenvalue weighted by atomic mass is 32.2. The molecule has 1 aliphatic rings. The first kappa shape index (κ1) is 19.5. The van der Waals surface area contributed by atoms with Crippen LogP contribution < -0.4 is 10.0 Å². The molecule has 3 atom stereocenters. The summed E-state index contributed by atoms with van der Waals surface area (Å²) in [5, 5.41) is 12.1. The lowest BCUT2D eigenvalue weighted by molar-refractivity contribution is -0.130. The molecule has 0 aliphatic carbocycles. The summed E-state index contributed by atoms with van der Waals surface area (Å²) in [5.41, 5.74) is -0.503. The van der Waals surface area contributed by atoms with Gasteiger partial charge in [0.2, 0.25) is 5.91 Å². The molecule has 1 amide bonds. The molecule has 0 spiro atoms. The fourth-order valence-electron chi connectivity index (χ4n) is 2.54. The molecule has 0 aromatic heterocycles. The highest BCUT2D eigenvalue weighted by molar-refractivity contribution is 7.83. The quantitative estimate of drug-likeness (QED) is 0.758. The number of halogens is 1. The van der Waals surface area contributed by atoms with Crippen molar-refractivity contribution < 1.29 is 13.4 Å². The Bertz CT molecular complexity index is 662. The van der Waals surface area contributed by atoms with Crippen LogP contribution in [0.5, 0.6) is 0 Å². The van der Waals surface area contributed by atoms with Gasteiger partial charge in [0.15, 0.2) is 0 Å². The van der Waals surface area contributed by atoms with Gasteiger partial charge >= 0.3 is 0 Å². The number of hydrogen-bond donors (Lipinski definition) is 2. The summed E-state index contributed by atoms with van der Waals surface area (Å²) >= 11 is 0. The van der Waals surface area contributed by atoms with E-state index in [2.05, 4.69) is 10.0 Å². The molecule has 0 saturated carbocycles. The van der Waals surface area contributed by atoms with Crippen LogP contribution in [-0.2, 0) is 15.8 Å². The summed E-state index contributed by atoms with van der Waals surface area (Å²) in [5.74, 6) is -0.302. The highest BCUT2D eigenvalue weighted by Crippen LogP contribution is 2.19. The van der Waals surface area contributed by atoms with Crippen molar-refractivity contribution in [2.75, 3.05) is 19.6 Å². The van der Waals surface area contributed by atoms with Crippen molar-refractivity contribution in [1.29, 1.82) is 5.26 Å². The normalized spacial score (nSPS) is 21.8. The zero-order valence-electron chi connectivity index (χ0n) is 14.4. The Labute approximate surface area is 150 Å².